The van der Waals surface area contributed by atoms with Gasteiger partial charge in [0, 0.05) is 14.1 Å². The van der Waals surface area contributed by atoms with E-state index in [0.717, 1.165) is 6.07 Å². The van der Waals surface area contributed by atoms with Gasteiger partial charge in [-0.1, -0.05) is 0 Å². The molecule has 7 heteroatoms. The first kappa shape index (κ1) is 14.3. The molecule has 0 amide bonds. The van der Waals surface area contributed by atoms with Gasteiger partial charge in [-0.15, -0.1) is 0 Å². The zero-order valence-electron chi connectivity index (χ0n) is 10.6. The molecule has 0 bridgehead atoms. The van der Waals surface area contributed by atoms with Crippen molar-refractivity contribution >= 4 is 23.1 Å². The van der Waals surface area contributed by atoms with Crippen LogP contribution < -0.4 is 11.5 Å². The second-order valence-corrected chi connectivity index (χ2v) is 3.45. The van der Waals surface area contributed by atoms with E-state index in [1.54, 1.807) is 6.07 Å². The fourth-order valence-corrected chi connectivity index (χ4v) is 1.33. The first-order valence-corrected chi connectivity index (χ1v) is 5.27. The van der Waals surface area contributed by atoms with Crippen LogP contribution in [0.4, 0.5) is 10.1 Å². The maximum Gasteiger partial charge on any atom is 0.153 e. The quantitative estimate of drug-likeness (QED) is 0.617. The van der Waals surface area contributed by atoms with Crippen molar-refractivity contribution in [3.63, 3.8) is 0 Å². The van der Waals surface area contributed by atoms with E-state index in [4.69, 9.17) is 16.7 Å². The van der Waals surface area contributed by atoms with Crippen molar-refractivity contribution in [3.8, 4) is 6.07 Å². The summed E-state index contributed by atoms with van der Waals surface area (Å²) in [6.45, 7) is 0. The van der Waals surface area contributed by atoms with Gasteiger partial charge >= 0.3 is 0 Å². The third-order valence-electron chi connectivity index (χ3n) is 2.27. The number of rotatable bonds is 3. The fraction of sp³-hybridized carbons (Fsp3) is 0.167. The lowest BCUT2D eigenvalue weighted by molar-refractivity contribution is 0.624. The number of hydrogen-bond donors (Lipinski definition) is 2. The van der Waals surface area contributed by atoms with Gasteiger partial charge < -0.3 is 11.5 Å². The van der Waals surface area contributed by atoms with E-state index in [1.807, 2.05) is 0 Å². The maximum atomic E-state index is 13.1. The molecule has 0 saturated carbocycles. The van der Waals surface area contributed by atoms with E-state index in [-0.39, 0.29) is 22.9 Å². The minimum Gasteiger partial charge on any atom is -0.382 e. The van der Waals surface area contributed by atoms with Crippen molar-refractivity contribution in [2.24, 2.45) is 26.4 Å². The van der Waals surface area contributed by atoms with Gasteiger partial charge in [-0.3, -0.25) is 9.98 Å². The summed E-state index contributed by atoms with van der Waals surface area (Å²) in [5.74, 6) is -0.425. The normalized spacial score (nSPS) is 13.3. The molecule has 1 aromatic carbocycles. The second kappa shape index (κ2) is 6.26. The molecule has 0 aliphatic carbocycles. The van der Waals surface area contributed by atoms with Crippen molar-refractivity contribution in [1.82, 2.24) is 0 Å². The number of benzene rings is 1. The van der Waals surface area contributed by atoms with Gasteiger partial charge in [0.2, 0.25) is 0 Å². The highest BCUT2D eigenvalue weighted by Crippen LogP contribution is 2.16. The molecule has 0 aliphatic rings. The molecular formula is C12H13FN6. The number of aliphatic imine (C=N–C) groups is 3. The fourth-order valence-electron chi connectivity index (χ4n) is 1.33. The first-order valence-electron chi connectivity index (χ1n) is 5.27. The van der Waals surface area contributed by atoms with Crippen LogP contribution in [0.1, 0.15) is 5.56 Å². The summed E-state index contributed by atoms with van der Waals surface area (Å²) in [5.41, 5.74) is 11.8. The average Bonchev–Trinajstić information content (AvgIpc) is 2.41. The highest BCUT2D eigenvalue weighted by molar-refractivity contribution is 6.67. The Hall–Kier alpha value is -2.75. The molecule has 98 valence electrons. The van der Waals surface area contributed by atoms with Crippen LogP contribution >= 0.6 is 0 Å². The summed E-state index contributed by atoms with van der Waals surface area (Å²) < 4.78 is 13.1. The molecule has 6 nitrogen and oxygen atoms in total. The van der Waals surface area contributed by atoms with Crippen LogP contribution in [0.3, 0.4) is 0 Å². The Morgan fingerprint density at radius 1 is 1.21 bits per heavy atom. The zero-order valence-corrected chi connectivity index (χ0v) is 10.6. The second-order valence-electron chi connectivity index (χ2n) is 3.45. The standard InChI is InChI=1S/C12H13FN6/c1-17-10(11(15)18-2)12(16)19-8-3-4-9(13)7(5-8)6-14/h3-5H,1-2H3,(H2,15,18)(H2,16,19). The minimum atomic E-state index is -0.612. The number of halogens is 1. The molecule has 0 aromatic heterocycles. The predicted molar refractivity (Wildman–Crippen MR) is 73.3 cm³/mol. The molecule has 0 heterocycles. The summed E-state index contributed by atoms with van der Waals surface area (Å²) in [5, 5.41) is 8.73. The topological polar surface area (TPSA) is 113 Å². The monoisotopic (exact) mass is 260 g/mol. The van der Waals surface area contributed by atoms with Gasteiger partial charge in [-0.05, 0) is 18.2 Å². The van der Waals surface area contributed by atoms with Crippen molar-refractivity contribution in [1.29, 1.82) is 5.26 Å². The largest absolute Gasteiger partial charge is 0.382 e. The van der Waals surface area contributed by atoms with E-state index in [0.29, 0.717) is 5.69 Å². The third-order valence-corrected chi connectivity index (χ3v) is 2.27. The van der Waals surface area contributed by atoms with E-state index >= 15 is 0 Å². The SMILES string of the molecule is CN=C(N)C(=NC)C(N)=Nc1ccc(F)c(C#N)c1. The van der Waals surface area contributed by atoms with Crippen molar-refractivity contribution in [2.75, 3.05) is 14.1 Å². The third kappa shape index (κ3) is 3.35. The first-order chi connectivity index (χ1) is 9.03. The van der Waals surface area contributed by atoms with Gasteiger partial charge in [-0.2, -0.15) is 5.26 Å². The Bertz CT molecular complexity index is 609. The van der Waals surface area contributed by atoms with Gasteiger partial charge in [-0.25, -0.2) is 9.38 Å². The van der Waals surface area contributed by atoms with Crippen LogP contribution in [0.5, 0.6) is 0 Å². The van der Waals surface area contributed by atoms with E-state index in [9.17, 15) is 4.39 Å². The number of hydrogen-bond acceptors (Lipinski definition) is 4. The average molecular weight is 260 g/mol. The molecule has 0 spiro atoms. The van der Waals surface area contributed by atoms with Crippen LogP contribution in [0.15, 0.2) is 33.2 Å². The number of nitrogens with zero attached hydrogens (tertiary/aromatic N) is 4. The van der Waals surface area contributed by atoms with E-state index in [1.165, 1.54) is 26.2 Å². The Morgan fingerprint density at radius 3 is 2.42 bits per heavy atom. The molecule has 0 aliphatic heterocycles. The van der Waals surface area contributed by atoms with E-state index < -0.39 is 5.82 Å². The molecule has 0 fully saturated rings. The van der Waals surface area contributed by atoms with Crippen molar-refractivity contribution < 1.29 is 4.39 Å². The summed E-state index contributed by atoms with van der Waals surface area (Å²) in [6, 6.07) is 5.55. The Morgan fingerprint density at radius 2 is 1.89 bits per heavy atom. The lowest BCUT2D eigenvalue weighted by Crippen LogP contribution is -2.35. The van der Waals surface area contributed by atoms with Gasteiger partial charge in [0.15, 0.2) is 5.84 Å². The number of amidine groups is 2. The Kier molecular flexibility index (Phi) is 4.71. The molecule has 1 rings (SSSR count). The van der Waals surface area contributed by atoms with Gasteiger partial charge in [0.25, 0.3) is 0 Å². The van der Waals surface area contributed by atoms with Crippen LogP contribution in [-0.2, 0) is 0 Å². The summed E-state index contributed by atoms with van der Waals surface area (Å²) >= 11 is 0. The lowest BCUT2D eigenvalue weighted by atomic mass is 10.2. The number of nitrogens with two attached hydrogens (primary N) is 2. The maximum absolute atomic E-state index is 13.1. The molecule has 0 unspecified atom stereocenters. The van der Waals surface area contributed by atoms with Gasteiger partial charge in [0.05, 0.1) is 11.3 Å². The van der Waals surface area contributed by atoms with Crippen molar-refractivity contribution in [3.05, 3.63) is 29.6 Å². The zero-order chi connectivity index (χ0) is 14.4. The Balaban J connectivity index is 3.19. The number of nitriles is 1. The molecule has 0 saturated heterocycles. The summed E-state index contributed by atoms with van der Waals surface area (Å²) in [7, 11) is 3.00. The summed E-state index contributed by atoms with van der Waals surface area (Å²) in [6.07, 6.45) is 0. The van der Waals surface area contributed by atoms with Gasteiger partial charge in [0.1, 0.15) is 23.4 Å². The van der Waals surface area contributed by atoms with Crippen LogP contribution in [0.2, 0.25) is 0 Å². The molecule has 0 radical (unpaired) electrons. The minimum absolute atomic E-state index is 0.0427. The highest BCUT2D eigenvalue weighted by Gasteiger charge is 2.09. The molecule has 1 aromatic rings. The highest BCUT2D eigenvalue weighted by atomic mass is 19.1. The molecule has 0 atom stereocenters. The lowest BCUT2D eigenvalue weighted by Gasteiger charge is -2.04. The smallest absolute Gasteiger partial charge is 0.153 e. The van der Waals surface area contributed by atoms with E-state index in [2.05, 4.69) is 15.0 Å². The van der Waals surface area contributed by atoms with Crippen molar-refractivity contribution in [2.45, 2.75) is 0 Å². The molecule has 19 heavy (non-hydrogen) atoms. The Labute approximate surface area is 110 Å². The molecular weight excluding hydrogens is 247 g/mol. The van der Waals surface area contributed by atoms with Crippen LogP contribution in [0, 0.1) is 17.1 Å². The predicted octanol–water partition coefficient (Wildman–Crippen LogP) is 0.744. The van der Waals surface area contributed by atoms with Crippen LogP contribution in [0.25, 0.3) is 0 Å². The summed E-state index contributed by atoms with van der Waals surface area (Å²) in [4.78, 5) is 11.7. The molecule has 4 N–H and O–H groups in total. The van der Waals surface area contributed by atoms with Crippen LogP contribution in [-0.4, -0.2) is 31.5 Å².